The number of ether oxygens (including phenoxy) is 1. The first-order chi connectivity index (χ1) is 54.1. The number of amides is 14. The number of unbranched alkanes of at least 4 members (excludes halogenated alkanes) is 4. The summed E-state index contributed by atoms with van der Waals surface area (Å²) < 4.78 is 5.79. The van der Waals surface area contributed by atoms with Crippen molar-refractivity contribution in [3.63, 3.8) is 0 Å². The van der Waals surface area contributed by atoms with Crippen LogP contribution in [-0.2, 0) is 107 Å². The molecule has 22 N–H and O–H groups in total. The van der Waals surface area contributed by atoms with Crippen LogP contribution in [0.15, 0.2) is 30.5 Å². The molecule has 1 aliphatic heterocycles. The van der Waals surface area contributed by atoms with Gasteiger partial charge in [-0.25, -0.2) is 4.79 Å². The molecule has 2 heterocycles. The van der Waals surface area contributed by atoms with Crippen LogP contribution in [0, 0.1) is 17.8 Å². The van der Waals surface area contributed by atoms with Crippen molar-refractivity contribution in [1.82, 2.24) is 73.7 Å². The second kappa shape index (κ2) is 48.9. The zero-order valence-corrected chi connectivity index (χ0v) is 65.5. The summed E-state index contributed by atoms with van der Waals surface area (Å²) in [5.74, 6) is -29.4. The van der Waals surface area contributed by atoms with E-state index in [0.29, 0.717) is 40.1 Å². The number of esters is 1. The van der Waals surface area contributed by atoms with Crippen molar-refractivity contribution in [2.24, 2.45) is 29.2 Å². The summed E-state index contributed by atoms with van der Waals surface area (Å²) in [6, 6.07) is -14.6. The molecule has 42 nitrogen and oxygen atoms in total. The molecule has 1 aromatic carbocycles. The van der Waals surface area contributed by atoms with Gasteiger partial charge in [0.05, 0.1) is 45.2 Å². The molecule has 638 valence electrons. The number of primary amides is 1. The van der Waals surface area contributed by atoms with Crippen LogP contribution in [0.2, 0.25) is 0 Å². The van der Waals surface area contributed by atoms with Gasteiger partial charge < -0.3 is 115 Å². The largest absolute Gasteiger partial charge is 0.481 e. The molecule has 0 spiro atoms. The zero-order valence-electron chi connectivity index (χ0n) is 65.5. The third-order valence-electron chi connectivity index (χ3n) is 18.9. The molecule has 0 aliphatic carbocycles. The van der Waals surface area contributed by atoms with Gasteiger partial charge in [-0.3, -0.25) is 91.1 Å². The molecule has 1 aliphatic rings. The molecule has 115 heavy (non-hydrogen) atoms. The average Bonchev–Trinajstić information content (AvgIpc) is 1.63. The van der Waals surface area contributed by atoms with Gasteiger partial charge in [0.1, 0.15) is 72.6 Å². The number of nitrogens with one attached hydrogen (secondary N) is 13. The van der Waals surface area contributed by atoms with E-state index in [1.165, 1.54) is 13.8 Å². The number of hydrogen-bond donors (Lipinski definition) is 20. The highest BCUT2D eigenvalue weighted by Crippen LogP contribution is 2.22. The third kappa shape index (κ3) is 34.6. The fourth-order valence-electron chi connectivity index (χ4n) is 12.0. The number of rotatable bonds is 37. The van der Waals surface area contributed by atoms with Crippen molar-refractivity contribution in [2.75, 3.05) is 26.7 Å². The van der Waals surface area contributed by atoms with Crippen molar-refractivity contribution >= 4 is 129 Å². The summed E-state index contributed by atoms with van der Waals surface area (Å²) in [6.45, 7) is 8.07. The van der Waals surface area contributed by atoms with Crippen molar-refractivity contribution < 1.29 is 126 Å². The summed E-state index contributed by atoms with van der Waals surface area (Å²) in [7, 11) is 0.930. The molecule has 15 atom stereocenters. The molecule has 0 unspecified atom stereocenters. The van der Waals surface area contributed by atoms with E-state index in [-0.39, 0.29) is 45.1 Å². The summed E-state index contributed by atoms with van der Waals surface area (Å²) in [5.41, 5.74) is 12.3. The van der Waals surface area contributed by atoms with E-state index in [4.69, 9.17) is 16.2 Å². The lowest BCUT2D eigenvalue weighted by atomic mass is 9.94. The van der Waals surface area contributed by atoms with Gasteiger partial charge in [-0.15, -0.1) is 0 Å². The second-order valence-electron chi connectivity index (χ2n) is 28.5. The molecule has 0 saturated carbocycles. The average molecular weight is 1630 g/mol. The molecular formula is C73H110N16O26. The zero-order chi connectivity index (χ0) is 86.5. The SMILES string of the molecule is CC[C@H](C)CCCCCCC(=O)N[C@@H](Cc1c[nH]c2ccccc12)C(=O)N[C@H](CCC(=O)O)C(=O)N[C@@H](CC(=O)O)C(=O)N[C@@H]1C(=O)N(C)CC(=O)N[C@@H](C)C(=O)N[C@@H](CC(=O)O)C(=O)N[C@H](CCCCN)C(=O)N[C@@H](CC(=O)O)C(=O)NCC(=O)N[C@H](CC(N)=O)C(=O)N[C@@H]([C@H](C)CC(=O)O)C(=O)N[C@@H]([C@H](C)CC)C(=O)O[C@@H]1C. The van der Waals surface area contributed by atoms with Crippen LogP contribution in [0.25, 0.3) is 10.9 Å². The molecule has 0 bridgehead atoms. The van der Waals surface area contributed by atoms with Crippen molar-refractivity contribution in [2.45, 2.75) is 243 Å². The number of H-pyrrole nitrogens is 1. The number of benzene rings is 1. The first kappa shape index (κ1) is 97.3. The molecule has 14 amide bonds. The Kier molecular flexibility index (Phi) is 41.4. The number of carboxylic acid groups (broad SMARTS) is 5. The second-order valence-corrected chi connectivity index (χ2v) is 28.5. The van der Waals surface area contributed by atoms with E-state index in [1.807, 2.05) is 5.32 Å². The number of cyclic esters (lactones) is 1. The van der Waals surface area contributed by atoms with Gasteiger partial charge in [0, 0.05) is 43.4 Å². The number of aromatic amines is 1. The standard InChI is InChI=1S/C73H110N16O26/c1-9-36(3)19-13-11-12-14-23-52(91)79-46(28-41-33-76-43-21-16-15-20-42(41)43)67(108)82-45(24-25-55(94)95)66(107)85-50(32-59(102)103)70(111)88-62-40(7)115-73(114)61(37(4)10-2)87-71(112)60(38(5)27-56(96)97)86-69(110)47(29-51(75)90)80-53(92)34-77-64(105)48(30-57(98)99)84-65(106)44(22-17-18-26-74)81-68(109)49(31-58(100)101)83-63(104)39(6)78-54(93)35-89(8)72(62)113/h15-16,20-21,33,36-40,44-50,60-62,76H,9-14,17-19,22-32,34-35,74H2,1-8H3,(H2,75,90)(H,77,105)(H,78,93)(H,79,91)(H,80,92)(H,81,109)(H,82,108)(H,83,104)(H,84,106)(H,85,107)(H,86,110)(H,87,112)(H,88,111)(H,94,95)(H,96,97)(H,98,99)(H,100,101)(H,102,103)/t36-,37+,38+,39-,40+,44+,45+,46-,47+,48-,49-,50-,60-,61-,62-/m0/s1. The van der Waals surface area contributed by atoms with Gasteiger partial charge in [-0.1, -0.05) is 91.3 Å². The molecule has 1 saturated heterocycles. The van der Waals surface area contributed by atoms with Gasteiger partial charge in [0.2, 0.25) is 82.7 Å². The minimum absolute atomic E-state index is 0.00626. The fourth-order valence-corrected chi connectivity index (χ4v) is 12.0. The van der Waals surface area contributed by atoms with Crippen LogP contribution in [0.3, 0.4) is 0 Å². The molecule has 42 heteroatoms. The quantitative estimate of drug-likeness (QED) is 0.0230. The highest BCUT2D eigenvalue weighted by Gasteiger charge is 2.42. The minimum Gasteiger partial charge on any atom is -0.481 e. The van der Waals surface area contributed by atoms with E-state index in [2.05, 4.69) is 77.3 Å². The van der Waals surface area contributed by atoms with Gasteiger partial charge in [0.25, 0.3) is 0 Å². The lowest BCUT2D eigenvalue weighted by Crippen LogP contribution is -2.62. The Morgan fingerprint density at radius 1 is 0.557 bits per heavy atom. The molecular weight excluding hydrogens is 1520 g/mol. The van der Waals surface area contributed by atoms with Gasteiger partial charge in [-0.2, -0.15) is 0 Å². The monoisotopic (exact) mass is 1630 g/mol. The number of fused-ring (bicyclic) bond motifs is 1. The van der Waals surface area contributed by atoms with Crippen LogP contribution >= 0.6 is 0 Å². The Labute approximate surface area is 661 Å². The van der Waals surface area contributed by atoms with Crippen molar-refractivity contribution in [3.8, 4) is 0 Å². The Morgan fingerprint density at radius 2 is 1.13 bits per heavy atom. The van der Waals surface area contributed by atoms with Crippen LogP contribution in [0.4, 0.5) is 0 Å². The number of hydrogen-bond acceptors (Lipinski definition) is 22. The lowest BCUT2D eigenvalue weighted by molar-refractivity contribution is -0.159. The van der Waals surface area contributed by atoms with Crippen LogP contribution < -0.4 is 75.3 Å². The Hall–Kier alpha value is -11.9. The van der Waals surface area contributed by atoms with E-state index < -0.39 is 261 Å². The van der Waals surface area contributed by atoms with Gasteiger partial charge in [0.15, 0.2) is 0 Å². The molecule has 1 aromatic heterocycles. The van der Waals surface area contributed by atoms with Crippen molar-refractivity contribution in [3.05, 3.63) is 36.0 Å². The number of para-hydroxylation sites is 1. The summed E-state index contributed by atoms with van der Waals surface area (Å²) in [6.07, 6.45) is -3.03. The molecule has 3 rings (SSSR count). The Balaban J connectivity index is 2.25. The van der Waals surface area contributed by atoms with Crippen molar-refractivity contribution in [1.29, 1.82) is 0 Å². The number of carbonyl (C=O) groups is 20. The maximum atomic E-state index is 15.0. The highest BCUT2D eigenvalue weighted by atomic mass is 16.5. The first-order valence-corrected chi connectivity index (χ1v) is 37.8. The normalized spacial score (nSPS) is 21.9. The smallest absolute Gasteiger partial charge is 0.329 e. The number of carboxylic acids is 5. The fraction of sp³-hybridized carbons (Fsp3) is 0.616. The van der Waals surface area contributed by atoms with E-state index in [0.717, 1.165) is 53.5 Å². The maximum absolute atomic E-state index is 15.0. The summed E-state index contributed by atoms with van der Waals surface area (Å²) in [4.78, 5) is 276. The number of likely N-dealkylation sites (N-methyl/N-ethyl adjacent to an activating group) is 1. The van der Waals surface area contributed by atoms with E-state index >= 15 is 0 Å². The maximum Gasteiger partial charge on any atom is 0.329 e. The van der Waals surface area contributed by atoms with Crippen LogP contribution in [0.1, 0.15) is 170 Å². The molecule has 1 fully saturated rings. The van der Waals surface area contributed by atoms with Crippen LogP contribution in [0.5, 0.6) is 0 Å². The Bertz CT molecular complexity index is 3820. The molecule has 0 radical (unpaired) electrons. The predicted molar refractivity (Wildman–Crippen MR) is 403 cm³/mol. The summed E-state index contributed by atoms with van der Waals surface area (Å²) >= 11 is 0. The van der Waals surface area contributed by atoms with Gasteiger partial charge in [-0.05, 0) is 81.9 Å². The highest BCUT2D eigenvalue weighted by molar-refractivity contribution is 6.02. The summed E-state index contributed by atoms with van der Waals surface area (Å²) in [5, 5.41) is 77.2. The number of carbonyl (C=O) groups excluding carboxylic acids is 15. The van der Waals surface area contributed by atoms with E-state index in [1.54, 1.807) is 30.5 Å². The predicted octanol–water partition coefficient (Wildman–Crippen LogP) is -3.58. The number of nitrogens with two attached hydrogens (primary N) is 2. The molecule has 2 aromatic rings. The third-order valence-corrected chi connectivity index (χ3v) is 18.9. The Morgan fingerprint density at radius 3 is 1.74 bits per heavy atom. The number of aliphatic carboxylic acids is 5. The lowest BCUT2D eigenvalue weighted by Gasteiger charge is -2.32. The van der Waals surface area contributed by atoms with Crippen LogP contribution in [-0.4, -0.2) is 253 Å². The first-order valence-electron chi connectivity index (χ1n) is 37.8. The number of nitrogens with zero attached hydrogens (tertiary/aromatic N) is 1. The number of aromatic nitrogens is 1. The van der Waals surface area contributed by atoms with E-state index in [9.17, 15) is 121 Å². The minimum atomic E-state index is -2.31. The topological polar surface area (TPSA) is 667 Å². The van der Waals surface area contributed by atoms with Gasteiger partial charge >= 0.3 is 35.8 Å².